The van der Waals surface area contributed by atoms with Crippen LogP contribution in [0.25, 0.3) is 6.08 Å². The van der Waals surface area contributed by atoms with Gasteiger partial charge in [0.15, 0.2) is 5.78 Å². The molecule has 0 N–H and O–H groups in total. The Morgan fingerprint density at radius 1 is 1.03 bits per heavy atom. The largest absolute Gasteiger partial charge is 0.497 e. The number of carbonyl (C=O) groups excluding carboxylic acids is 3. The number of benzene rings is 2. The minimum Gasteiger partial charge on any atom is -0.497 e. The summed E-state index contributed by atoms with van der Waals surface area (Å²) >= 11 is 0.833. The number of hydrogen-bond acceptors (Lipinski definition) is 6. The third-order valence-corrected chi connectivity index (χ3v) is 5.26. The molecule has 1 heterocycles. The first kappa shape index (κ1) is 21.6. The van der Waals surface area contributed by atoms with Gasteiger partial charge in [-0.25, -0.2) is 0 Å². The Bertz CT molecular complexity index is 964. The molecule has 156 valence electrons. The number of ether oxygens (including phenoxy) is 2. The summed E-state index contributed by atoms with van der Waals surface area (Å²) in [5.74, 6) is 1.03. The molecular weight excluding hydrogens is 402 g/mol. The Morgan fingerprint density at radius 2 is 1.67 bits per heavy atom. The van der Waals surface area contributed by atoms with Gasteiger partial charge < -0.3 is 9.47 Å². The fourth-order valence-corrected chi connectivity index (χ4v) is 3.56. The van der Waals surface area contributed by atoms with Crippen molar-refractivity contribution in [3.63, 3.8) is 0 Å². The lowest BCUT2D eigenvalue weighted by Crippen LogP contribution is -2.33. The summed E-state index contributed by atoms with van der Waals surface area (Å²) in [6.45, 7) is 4.48. The van der Waals surface area contributed by atoms with Crippen LogP contribution in [0.1, 0.15) is 29.8 Å². The summed E-state index contributed by atoms with van der Waals surface area (Å²) in [7, 11) is 1.54. The molecule has 0 saturated carbocycles. The van der Waals surface area contributed by atoms with Crippen molar-refractivity contribution < 1.29 is 23.9 Å². The van der Waals surface area contributed by atoms with Gasteiger partial charge in [-0.1, -0.05) is 26.0 Å². The van der Waals surface area contributed by atoms with Crippen LogP contribution in [0.15, 0.2) is 53.4 Å². The van der Waals surface area contributed by atoms with Crippen molar-refractivity contribution in [3.8, 4) is 11.5 Å². The van der Waals surface area contributed by atoms with E-state index in [2.05, 4.69) is 13.8 Å². The van der Waals surface area contributed by atoms with Gasteiger partial charge in [-0.15, -0.1) is 0 Å². The van der Waals surface area contributed by atoms with Crippen molar-refractivity contribution in [2.75, 3.05) is 20.3 Å². The summed E-state index contributed by atoms with van der Waals surface area (Å²) in [5, 5.41) is -0.454. The Labute approximate surface area is 179 Å². The topological polar surface area (TPSA) is 72.9 Å². The van der Waals surface area contributed by atoms with E-state index in [0.29, 0.717) is 28.7 Å². The van der Waals surface area contributed by atoms with Gasteiger partial charge in [-0.3, -0.25) is 19.3 Å². The third kappa shape index (κ3) is 5.30. The number of nitrogens with zero attached hydrogens (tertiary/aromatic N) is 1. The molecule has 0 bridgehead atoms. The van der Waals surface area contributed by atoms with Crippen LogP contribution in [0.5, 0.6) is 11.5 Å². The molecule has 0 aliphatic carbocycles. The number of Topliss-reactive ketones (excluding diaryl/α,β-unsaturated/α-hetero) is 1. The fourth-order valence-electron chi connectivity index (χ4n) is 2.72. The van der Waals surface area contributed by atoms with Crippen molar-refractivity contribution in [1.82, 2.24) is 4.90 Å². The minimum atomic E-state index is -0.466. The zero-order chi connectivity index (χ0) is 21.7. The molecule has 6 nitrogen and oxygen atoms in total. The van der Waals surface area contributed by atoms with Gasteiger partial charge in [-0.05, 0) is 65.7 Å². The monoisotopic (exact) mass is 425 g/mol. The van der Waals surface area contributed by atoms with Crippen molar-refractivity contribution in [3.05, 3.63) is 64.6 Å². The first-order chi connectivity index (χ1) is 14.4. The average molecular weight is 426 g/mol. The van der Waals surface area contributed by atoms with Crippen LogP contribution in [-0.4, -0.2) is 42.1 Å². The Balaban J connectivity index is 1.67. The highest BCUT2D eigenvalue weighted by Crippen LogP contribution is 2.32. The maximum absolute atomic E-state index is 12.7. The number of amides is 2. The number of ketones is 1. The number of methoxy groups -OCH3 is 1. The normalized spacial score (nSPS) is 15.2. The number of carbonyl (C=O) groups is 3. The van der Waals surface area contributed by atoms with E-state index in [9.17, 15) is 14.4 Å². The van der Waals surface area contributed by atoms with Gasteiger partial charge >= 0.3 is 0 Å². The van der Waals surface area contributed by atoms with Crippen LogP contribution in [0, 0.1) is 5.92 Å². The summed E-state index contributed by atoms with van der Waals surface area (Å²) in [6, 6.07) is 13.8. The van der Waals surface area contributed by atoms with Gasteiger partial charge in [0.2, 0.25) is 0 Å². The Morgan fingerprint density at radius 3 is 2.27 bits per heavy atom. The summed E-state index contributed by atoms with van der Waals surface area (Å²) < 4.78 is 10.7. The van der Waals surface area contributed by atoms with Crippen LogP contribution in [0.2, 0.25) is 0 Å². The molecule has 2 aromatic carbocycles. The second-order valence-electron chi connectivity index (χ2n) is 7.19. The molecule has 0 atom stereocenters. The molecule has 7 heteroatoms. The minimum absolute atomic E-state index is 0.290. The molecule has 2 aromatic rings. The smallest absolute Gasteiger partial charge is 0.293 e. The molecule has 1 saturated heterocycles. The van der Waals surface area contributed by atoms with E-state index in [1.54, 1.807) is 30.3 Å². The highest BCUT2D eigenvalue weighted by Gasteiger charge is 2.36. The predicted molar refractivity (Wildman–Crippen MR) is 117 cm³/mol. The maximum Gasteiger partial charge on any atom is 0.293 e. The van der Waals surface area contributed by atoms with E-state index in [1.165, 1.54) is 7.11 Å². The summed E-state index contributed by atoms with van der Waals surface area (Å²) in [6.07, 6.45) is 1.65. The fraction of sp³-hybridized carbons (Fsp3) is 0.261. The lowest BCUT2D eigenvalue weighted by molar-refractivity contribution is -0.122. The second kappa shape index (κ2) is 9.63. The molecular formula is C23H23NO5S. The molecule has 1 aliphatic rings. The Kier molecular flexibility index (Phi) is 6.95. The highest BCUT2D eigenvalue weighted by atomic mass is 32.2. The van der Waals surface area contributed by atoms with E-state index in [1.807, 2.05) is 24.3 Å². The van der Waals surface area contributed by atoms with E-state index < -0.39 is 11.1 Å². The zero-order valence-electron chi connectivity index (χ0n) is 17.1. The van der Waals surface area contributed by atoms with Gasteiger partial charge in [0.25, 0.3) is 11.1 Å². The number of hydrogen-bond donors (Lipinski definition) is 0. The second-order valence-corrected chi connectivity index (χ2v) is 8.19. The quantitative estimate of drug-likeness (QED) is 0.453. The summed E-state index contributed by atoms with van der Waals surface area (Å²) in [4.78, 5) is 38.7. The van der Waals surface area contributed by atoms with Crippen LogP contribution in [0.3, 0.4) is 0 Å². The van der Waals surface area contributed by atoms with Crippen molar-refractivity contribution in [2.45, 2.75) is 13.8 Å². The molecule has 1 aliphatic heterocycles. The predicted octanol–water partition coefficient (Wildman–Crippen LogP) is 4.65. The number of thioether (sulfide) groups is 1. The third-order valence-electron chi connectivity index (χ3n) is 4.35. The molecule has 0 aromatic heterocycles. The molecule has 0 radical (unpaired) electrons. The van der Waals surface area contributed by atoms with Crippen LogP contribution in [0.4, 0.5) is 4.79 Å². The van der Waals surface area contributed by atoms with Gasteiger partial charge in [-0.2, -0.15) is 0 Å². The SMILES string of the molecule is COc1ccc(C(=O)CN2C(=O)SC(=Cc3ccc(OCC(C)C)cc3)C2=O)cc1. The van der Waals surface area contributed by atoms with Crippen molar-refractivity contribution >= 4 is 34.8 Å². The average Bonchev–Trinajstić information content (AvgIpc) is 3.00. The lowest BCUT2D eigenvalue weighted by Gasteiger charge is -2.11. The molecule has 0 spiro atoms. The van der Waals surface area contributed by atoms with Gasteiger partial charge in [0, 0.05) is 5.56 Å². The van der Waals surface area contributed by atoms with Crippen molar-refractivity contribution in [2.24, 2.45) is 5.92 Å². The van der Waals surface area contributed by atoms with Crippen molar-refractivity contribution in [1.29, 1.82) is 0 Å². The molecule has 30 heavy (non-hydrogen) atoms. The number of imide groups is 1. The zero-order valence-corrected chi connectivity index (χ0v) is 17.9. The van der Waals surface area contributed by atoms with E-state index >= 15 is 0 Å². The van der Waals surface area contributed by atoms with Crippen LogP contribution >= 0.6 is 11.8 Å². The first-order valence-corrected chi connectivity index (χ1v) is 10.3. The molecule has 2 amide bonds. The molecule has 1 fully saturated rings. The summed E-state index contributed by atoms with van der Waals surface area (Å²) in [5.41, 5.74) is 1.19. The van der Waals surface area contributed by atoms with E-state index in [4.69, 9.17) is 9.47 Å². The standard InChI is InChI=1S/C23H23NO5S/c1-15(2)14-29-19-8-4-16(5-9-19)12-21-22(26)24(23(27)30-21)13-20(25)17-6-10-18(28-3)11-7-17/h4-12,15H,13-14H2,1-3H3. The number of rotatable bonds is 8. The maximum atomic E-state index is 12.7. The van der Waals surface area contributed by atoms with E-state index in [-0.39, 0.29) is 12.3 Å². The van der Waals surface area contributed by atoms with Crippen LogP contribution < -0.4 is 9.47 Å². The van der Waals surface area contributed by atoms with Crippen LogP contribution in [-0.2, 0) is 4.79 Å². The molecule has 0 unspecified atom stereocenters. The Hall–Kier alpha value is -3.06. The highest BCUT2D eigenvalue weighted by molar-refractivity contribution is 8.18. The van der Waals surface area contributed by atoms with Gasteiger partial charge in [0.05, 0.1) is 25.2 Å². The first-order valence-electron chi connectivity index (χ1n) is 9.53. The molecule has 3 rings (SSSR count). The van der Waals surface area contributed by atoms with Gasteiger partial charge in [0.1, 0.15) is 11.5 Å². The van der Waals surface area contributed by atoms with E-state index in [0.717, 1.165) is 28.0 Å². The lowest BCUT2D eigenvalue weighted by atomic mass is 10.1.